The number of benzene rings is 1. The fourth-order valence-corrected chi connectivity index (χ4v) is 2.22. The number of carbonyl (C=O) groups is 1. The molecule has 0 radical (unpaired) electrons. The number of methoxy groups -OCH3 is 1. The van der Waals surface area contributed by atoms with E-state index in [1.165, 1.54) is 16.8 Å². The zero-order valence-electron chi connectivity index (χ0n) is 13.5. The number of carbonyl (C=O) groups excluding carboxylic acids is 1. The molecule has 0 aliphatic heterocycles. The van der Waals surface area contributed by atoms with Crippen LogP contribution in [0.3, 0.4) is 0 Å². The number of rotatable bonds is 5. The lowest BCUT2D eigenvalue weighted by Crippen LogP contribution is -2.26. The van der Waals surface area contributed by atoms with Gasteiger partial charge in [-0.2, -0.15) is 5.10 Å². The second-order valence-corrected chi connectivity index (χ2v) is 5.26. The largest absolute Gasteiger partial charge is 0.497 e. The number of pyridine rings is 1. The molecule has 7 nitrogen and oxygen atoms in total. The van der Waals surface area contributed by atoms with Crippen LogP contribution in [0.25, 0.3) is 0 Å². The van der Waals surface area contributed by atoms with E-state index in [9.17, 15) is 9.59 Å². The molecule has 1 N–H and O–H groups in total. The van der Waals surface area contributed by atoms with Gasteiger partial charge in [-0.15, -0.1) is 0 Å². The first-order chi connectivity index (χ1) is 12.2. The van der Waals surface area contributed by atoms with Crippen molar-refractivity contribution in [3.8, 4) is 5.75 Å². The van der Waals surface area contributed by atoms with Crippen LogP contribution >= 0.6 is 0 Å². The maximum Gasteiger partial charge on any atom is 0.276 e. The average molecular weight is 336 g/mol. The summed E-state index contributed by atoms with van der Waals surface area (Å²) in [5.74, 6) is 0.297. The third-order valence-corrected chi connectivity index (χ3v) is 3.50. The quantitative estimate of drug-likeness (QED) is 0.769. The molecule has 0 aliphatic carbocycles. The Morgan fingerprint density at radius 2 is 1.96 bits per heavy atom. The van der Waals surface area contributed by atoms with Crippen molar-refractivity contribution in [2.24, 2.45) is 0 Å². The van der Waals surface area contributed by atoms with Gasteiger partial charge in [0, 0.05) is 24.1 Å². The van der Waals surface area contributed by atoms with Gasteiger partial charge in [0.15, 0.2) is 0 Å². The molecule has 25 heavy (non-hydrogen) atoms. The van der Waals surface area contributed by atoms with Crippen molar-refractivity contribution in [3.63, 3.8) is 0 Å². The Balaban J connectivity index is 1.78. The molecule has 0 atom stereocenters. The van der Waals surface area contributed by atoms with Gasteiger partial charge < -0.3 is 10.1 Å². The van der Waals surface area contributed by atoms with E-state index in [0.29, 0.717) is 11.4 Å². The topological polar surface area (TPSA) is 86.1 Å². The molecule has 0 saturated carbocycles. The number of aromatic nitrogens is 3. The summed E-state index contributed by atoms with van der Waals surface area (Å²) >= 11 is 0. The van der Waals surface area contributed by atoms with Crippen molar-refractivity contribution in [2.45, 2.75) is 6.54 Å². The molecule has 0 unspecified atom stereocenters. The van der Waals surface area contributed by atoms with E-state index >= 15 is 0 Å². The highest BCUT2D eigenvalue weighted by Gasteiger charge is 2.10. The third kappa shape index (κ3) is 4.08. The lowest BCUT2D eigenvalue weighted by molar-refractivity contribution is 0.102. The summed E-state index contributed by atoms with van der Waals surface area (Å²) in [6.45, 7) is 0.246. The van der Waals surface area contributed by atoms with Crippen LogP contribution in [0.2, 0.25) is 0 Å². The molecule has 0 spiro atoms. The first-order valence-electron chi connectivity index (χ1n) is 7.58. The summed E-state index contributed by atoms with van der Waals surface area (Å²) in [7, 11) is 1.57. The normalized spacial score (nSPS) is 10.3. The van der Waals surface area contributed by atoms with Crippen LogP contribution in [0.15, 0.2) is 65.7 Å². The summed E-state index contributed by atoms with van der Waals surface area (Å²) in [5.41, 5.74) is 1.30. The Labute approximate surface area is 143 Å². The van der Waals surface area contributed by atoms with Crippen LogP contribution in [-0.4, -0.2) is 27.8 Å². The minimum Gasteiger partial charge on any atom is -0.497 e. The van der Waals surface area contributed by atoms with Crippen LogP contribution in [0.1, 0.15) is 16.1 Å². The maximum absolute atomic E-state index is 12.4. The third-order valence-electron chi connectivity index (χ3n) is 3.50. The SMILES string of the molecule is COc1ccc(NC(=O)c2ccc(=O)n(Cc3cccnc3)n2)cc1. The lowest BCUT2D eigenvalue weighted by Gasteiger charge is -2.08. The van der Waals surface area contributed by atoms with Crippen LogP contribution in [0.5, 0.6) is 5.75 Å². The first-order valence-corrected chi connectivity index (χ1v) is 7.58. The van der Waals surface area contributed by atoms with Crippen molar-refractivity contribution in [3.05, 3.63) is 82.5 Å². The summed E-state index contributed by atoms with van der Waals surface area (Å²) in [6.07, 6.45) is 3.30. The fourth-order valence-electron chi connectivity index (χ4n) is 2.22. The Kier molecular flexibility index (Phi) is 4.84. The monoisotopic (exact) mass is 336 g/mol. The van der Waals surface area contributed by atoms with E-state index < -0.39 is 5.91 Å². The molecule has 7 heteroatoms. The Bertz CT molecular complexity index is 921. The molecular formula is C18H16N4O3. The van der Waals surface area contributed by atoms with Crippen LogP contribution in [-0.2, 0) is 6.54 Å². The molecule has 126 valence electrons. The van der Waals surface area contributed by atoms with E-state index in [1.54, 1.807) is 49.8 Å². The molecular weight excluding hydrogens is 320 g/mol. The number of anilines is 1. The highest BCUT2D eigenvalue weighted by molar-refractivity contribution is 6.02. The van der Waals surface area contributed by atoms with E-state index in [4.69, 9.17) is 4.74 Å². The number of hydrogen-bond acceptors (Lipinski definition) is 5. The molecule has 0 bridgehead atoms. The minimum atomic E-state index is -0.398. The number of nitrogens with one attached hydrogen (secondary N) is 1. The average Bonchev–Trinajstić information content (AvgIpc) is 2.65. The van der Waals surface area contributed by atoms with E-state index in [1.807, 2.05) is 6.07 Å². The van der Waals surface area contributed by atoms with Crippen LogP contribution in [0.4, 0.5) is 5.69 Å². The zero-order valence-corrected chi connectivity index (χ0v) is 13.5. The van der Waals surface area contributed by atoms with Crippen molar-refractivity contribution < 1.29 is 9.53 Å². The van der Waals surface area contributed by atoms with Gasteiger partial charge >= 0.3 is 0 Å². The number of ether oxygens (including phenoxy) is 1. The summed E-state index contributed by atoms with van der Waals surface area (Å²) in [6, 6.07) is 13.3. The molecule has 3 aromatic rings. The van der Waals surface area contributed by atoms with Crippen molar-refractivity contribution in [1.82, 2.24) is 14.8 Å². The minimum absolute atomic E-state index is 0.152. The Hall–Kier alpha value is -3.48. The molecule has 1 amide bonds. The number of hydrogen-bond donors (Lipinski definition) is 1. The smallest absolute Gasteiger partial charge is 0.276 e. The van der Waals surface area contributed by atoms with Crippen molar-refractivity contribution in [2.75, 3.05) is 12.4 Å². The summed E-state index contributed by atoms with van der Waals surface area (Å²) in [5, 5.41) is 6.87. The van der Waals surface area contributed by atoms with Gasteiger partial charge in [0.25, 0.3) is 11.5 Å². The molecule has 3 rings (SSSR count). The molecule has 2 heterocycles. The highest BCUT2D eigenvalue weighted by Crippen LogP contribution is 2.15. The molecule has 0 fully saturated rings. The second kappa shape index (κ2) is 7.39. The second-order valence-electron chi connectivity index (χ2n) is 5.26. The Morgan fingerprint density at radius 1 is 1.16 bits per heavy atom. The lowest BCUT2D eigenvalue weighted by atomic mass is 10.2. The van der Waals surface area contributed by atoms with Gasteiger partial charge in [-0.3, -0.25) is 14.6 Å². The van der Waals surface area contributed by atoms with Gasteiger partial charge in [0.1, 0.15) is 11.4 Å². The summed E-state index contributed by atoms with van der Waals surface area (Å²) < 4.78 is 6.31. The summed E-state index contributed by atoms with van der Waals surface area (Å²) in [4.78, 5) is 28.3. The molecule has 0 saturated heterocycles. The molecule has 2 aromatic heterocycles. The van der Waals surface area contributed by atoms with Crippen LogP contribution < -0.4 is 15.6 Å². The predicted molar refractivity (Wildman–Crippen MR) is 92.8 cm³/mol. The fraction of sp³-hybridized carbons (Fsp3) is 0.111. The van der Waals surface area contributed by atoms with Crippen molar-refractivity contribution in [1.29, 1.82) is 0 Å². The predicted octanol–water partition coefficient (Wildman–Crippen LogP) is 1.95. The van der Waals surface area contributed by atoms with E-state index in [0.717, 1.165) is 5.56 Å². The standard InChI is InChI=1S/C18H16N4O3/c1-25-15-6-4-14(5-7-15)20-18(24)16-8-9-17(23)22(21-16)12-13-3-2-10-19-11-13/h2-11H,12H2,1H3,(H,20,24). The van der Waals surface area contributed by atoms with Crippen LogP contribution in [0, 0.1) is 0 Å². The van der Waals surface area contributed by atoms with Gasteiger partial charge in [-0.05, 0) is 42.0 Å². The maximum atomic E-state index is 12.4. The van der Waals surface area contributed by atoms with Gasteiger partial charge in [-0.1, -0.05) is 6.07 Å². The number of amides is 1. The van der Waals surface area contributed by atoms with E-state index in [2.05, 4.69) is 15.4 Å². The Morgan fingerprint density at radius 3 is 2.64 bits per heavy atom. The van der Waals surface area contributed by atoms with E-state index in [-0.39, 0.29) is 17.8 Å². The highest BCUT2D eigenvalue weighted by atomic mass is 16.5. The first kappa shape index (κ1) is 16.4. The molecule has 1 aromatic carbocycles. The van der Waals surface area contributed by atoms with Gasteiger partial charge in [0.05, 0.1) is 13.7 Å². The van der Waals surface area contributed by atoms with Gasteiger partial charge in [-0.25, -0.2) is 4.68 Å². The van der Waals surface area contributed by atoms with Crippen molar-refractivity contribution >= 4 is 11.6 Å². The van der Waals surface area contributed by atoms with Gasteiger partial charge in [0.2, 0.25) is 0 Å². The zero-order chi connectivity index (χ0) is 17.6. The number of nitrogens with zero attached hydrogens (tertiary/aromatic N) is 3. The molecule has 0 aliphatic rings.